The average molecular weight is 372 g/mol. The highest BCUT2D eigenvalue weighted by atomic mass is 32.1. The second-order valence-electron chi connectivity index (χ2n) is 6.99. The third-order valence-electron chi connectivity index (χ3n) is 5.50. The van der Waals surface area contributed by atoms with Gasteiger partial charge < -0.3 is 9.80 Å². The summed E-state index contributed by atoms with van der Waals surface area (Å²) < 4.78 is 0. The van der Waals surface area contributed by atoms with Crippen molar-refractivity contribution < 1.29 is 4.79 Å². The molecule has 4 rings (SSSR count). The topological polar surface area (TPSA) is 52.6 Å². The van der Waals surface area contributed by atoms with Crippen LogP contribution in [0.2, 0.25) is 0 Å². The third-order valence-corrected chi connectivity index (χ3v) is 6.20. The number of amides is 1. The summed E-state index contributed by atoms with van der Waals surface area (Å²) in [5.74, 6) is 1.01. The molecule has 0 aromatic carbocycles. The van der Waals surface area contributed by atoms with Gasteiger partial charge in [0.1, 0.15) is 0 Å². The van der Waals surface area contributed by atoms with Crippen LogP contribution in [0.5, 0.6) is 0 Å². The number of hydrogen-bond donors (Lipinski definition) is 0. The van der Waals surface area contributed by atoms with E-state index in [4.69, 9.17) is 0 Å². The first-order valence-corrected chi connectivity index (χ1v) is 10.3. The molecule has 2 aromatic rings. The molecule has 2 atom stereocenters. The first-order chi connectivity index (χ1) is 12.7. The van der Waals surface area contributed by atoms with E-state index >= 15 is 0 Å². The van der Waals surface area contributed by atoms with Gasteiger partial charge in [-0.1, -0.05) is 0 Å². The van der Waals surface area contributed by atoms with Crippen LogP contribution >= 0.6 is 11.3 Å². The van der Waals surface area contributed by atoms with E-state index in [9.17, 15) is 4.79 Å². The lowest BCUT2D eigenvalue weighted by molar-refractivity contribution is -0.137. The van der Waals surface area contributed by atoms with E-state index in [1.165, 1.54) is 5.56 Å². The summed E-state index contributed by atoms with van der Waals surface area (Å²) in [5.41, 5.74) is 1.36. The lowest BCUT2D eigenvalue weighted by atomic mass is 10.1. The maximum Gasteiger partial charge on any atom is 0.239 e. The molecule has 0 saturated carbocycles. The van der Waals surface area contributed by atoms with Gasteiger partial charge in [0.2, 0.25) is 11.9 Å². The summed E-state index contributed by atoms with van der Waals surface area (Å²) >= 11 is 1.74. The van der Waals surface area contributed by atoms with Crippen molar-refractivity contribution in [1.29, 1.82) is 0 Å². The Hall–Kier alpha value is -1.99. The van der Waals surface area contributed by atoms with E-state index in [0.717, 1.165) is 51.5 Å². The summed E-state index contributed by atoms with van der Waals surface area (Å²) in [6.45, 7) is 6.12. The molecule has 0 spiro atoms. The minimum Gasteiger partial charge on any atom is -0.338 e. The van der Waals surface area contributed by atoms with E-state index in [-0.39, 0.29) is 11.9 Å². The predicted molar refractivity (Wildman–Crippen MR) is 103 cm³/mol. The molecule has 2 fully saturated rings. The van der Waals surface area contributed by atoms with Crippen molar-refractivity contribution in [3.05, 3.63) is 40.8 Å². The van der Waals surface area contributed by atoms with E-state index in [1.54, 1.807) is 23.7 Å². The van der Waals surface area contributed by atoms with Crippen LogP contribution in [0.4, 0.5) is 5.95 Å². The molecular weight excluding hydrogens is 346 g/mol. The normalized spacial score (nSPS) is 22.6. The van der Waals surface area contributed by atoms with Crippen LogP contribution in [0.15, 0.2) is 35.3 Å². The van der Waals surface area contributed by atoms with Gasteiger partial charge >= 0.3 is 0 Å². The zero-order valence-electron chi connectivity index (χ0n) is 15.1. The molecule has 0 aliphatic carbocycles. The van der Waals surface area contributed by atoms with Gasteiger partial charge in [-0.25, -0.2) is 9.97 Å². The summed E-state index contributed by atoms with van der Waals surface area (Å²) in [4.78, 5) is 28.3. The molecule has 0 bridgehead atoms. The van der Waals surface area contributed by atoms with Crippen LogP contribution < -0.4 is 4.90 Å². The predicted octanol–water partition coefficient (Wildman–Crippen LogP) is 2.41. The summed E-state index contributed by atoms with van der Waals surface area (Å²) in [6, 6.07) is 4.34. The van der Waals surface area contributed by atoms with Gasteiger partial charge in [0.25, 0.3) is 0 Å². The Morgan fingerprint density at radius 1 is 1.19 bits per heavy atom. The van der Waals surface area contributed by atoms with Crippen LogP contribution in [-0.2, 0) is 4.79 Å². The van der Waals surface area contributed by atoms with Gasteiger partial charge in [-0.15, -0.1) is 0 Å². The minimum atomic E-state index is -0.0677. The van der Waals surface area contributed by atoms with Crippen molar-refractivity contribution in [3.63, 3.8) is 0 Å². The first-order valence-electron chi connectivity index (χ1n) is 9.32. The molecule has 1 amide bonds. The Labute approximate surface area is 158 Å². The number of carbonyl (C=O) groups is 1. The van der Waals surface area contributed by atoms with Crippen molar-refractivity contribution in [2.75, 3.05) is 37.6 Å². The quantitative estimate of drug-likeness (QED) is 0.826. The number of rotatable bonds is 4. The molecular formula is C19H25N5OS. The van der Waals surface area contributed by atoms with E-state index in [1.807, 2.05) is 11.0 Å². The Morgan fingerprint density at radius 3 is 2.65 bits per heavy atom. The zero-order valence-corrected chi connectivity index (χ0v) is 15.9. The highest BCUT2D eigenvalue weighted by Crippen LogP contribution is 2.35. The van der Waals surface area contributed by atoms with Crippen LogP contribution in [0.3, 0.4) is 0 Å². The number of carbonyl (C=O) groups excluding carboxylic acids is 1. The van der Waals surface area contributed by atoms with Crippen molar-refractivity contribution in [2.45, 2.75) is 31.8 Å². The smallest absolute Gasteiger partial charge is 0.239 e. The first kappa shape index (κ1) is 17.4. The monoisotopic (exact) mass is 371 g/mol. The second kappa shape index (κ2) is 7.72. The van der Waals surface area contributed by atoms with Crippen molar-refractivity contribution in [2.24, 2.45) is 0 Å². The number of anilines is 1. The number of hydrogen-bond acceptors (Lipinski definition) is 6. The molecule has 26 heavy (non-hydrogen) atoms. The molecule has 2 aromatic heterocycles. The molecule has 4 heterocycles. The Kier molecular flexibility index (Phi) is 5.17. The fourth-order valence-corrected chi connectivity index (χ4v) is 4.77. The van der Waals surface area contributed by atoms with Gasteiger partial charge in [0.15, 0.2) is 0 Å². The molecule has 2 aliphatic heterocycles. The standard InChI is InChI=1S/C19H25N5OS/c1-15(24-8-2-4-17(24)16-5-13-26-14-16)18(25)22-9-11-23(12-10-22)19-20-6-3-7-21-19/h3,5-7,13-15,17H,2,4,8-12H2,1H3/t15-,17-/m0/s1. The van der Waals surface area contributed by atoms with Crippen molar-refractivity contribution >= 4 is 23.2 Å². The average Bonchev–Trinajstić information content (AvgIpc) is 3.39. The van der Waals surface area contributed by atoms with Crippen LogP contribution in [0.25, 0.3) is 0 Å². The van der Waals surface area contributed by atoms with Crippen LogP contribution in [0, 0.1) is 0 Å². The molecule has 0 N–H and O–H groups in total. The van der Waals surface area contributed by atoms with Gasteiger partial charge in [-0.3, -0.25) is 9.69 Å². The number of aromatic nitrogens is 2. The second-order valence-corrected chi connectivity index (χ2v) is 7.77. The molecule has 7 heteroatoms. The Bertz CT molecular complexity index is 715. The zero-order chi connectivity index (χ0) is 17.9. The molecule has 2 saturated heterocycles. The largest absolute Gasteiger partial charge is 0.338 e. The number of likely N-dealkylation sites (tertiary alicyclic amines) is 1. The Balaban J connectivity index is 1.37. The van der Waals surface area contributed by atoms with Crippen LogP contribution in [-0.4, -0.2) is 64.4 Å². The van der Waals surface area contributed by atoms with Gasteiger partial charge in [0, 0.05) is 44.6 Å². The molecule has 2 aliphatic rings. The SMILES string of the molecule is C[C@@H](C(=O)N1CCN(c2ncccn2)CC1)N1CCC[C@H]1c1ccsc1. The molecule has 6 nitrogen and oxygen atoms in total. The van der Waals surface area contributed by atoms with E-state index in [2.05, 4.69) is 43.5 Å². The number of thiophene rings is 1. The summed E-state index contributed by atoms with van der Waals surface area (Å²) in [6.07, 6.45) is 5.84. The highest BCUT2D eigenvalue weighted by molar-refractivity contribution is 7.07. The Morgan fingerprint density at radius 2 is 1.96 bits per heavy atom. The third kappa shape index (κ3) is 3.46. The minimum absolute atomic E-state index is 0.0677. The molecule has 0 radical (unpaired) electrons. The summed E-state index contributed by atoms with van der Waals surface area (Å²) in [7, 11) is 0. The van der Waals surface area contributed by atoms with Crippen molar-refractivity contribution in [3.8, 4) is 0 Å². The van der Waals surface area contributed by atoms with Gasteiger partial charge in [0.05, 0.1) is 6.04 Å². The maximum atomic E-state index is 13.1. The maximum absolute atomic E-state index is 13.1. The fourth-order valence-electron chi connectivity index (χ4n) is 4.06. The highest BCUT2D eigenvalue weighted by Gasteiger charge is 2.35. The molecule has 0 unspecified atom stereocenters. The number of piperazine rings is 1. The summed E-state index contributed by atoms with van der Waals surface area (Å²) in [5, 5.41) is 4.35. The van der Waals surface area contributed by atoms with E-state index < -0.39 is 0 Å². The van der Waals surface area contributed by atoms with Gasteiger partial charge in [-0.2, -0.15) is 11.3 Å². The lowest BCUT2D eigenvalue weighted by Crippen LogP contribution is -2.54. The lowest BCUT2D eigenvalue weighted by Gasteiger charge is -2.38. The van der Waals surface area contributed by atoms with Crippen LogP contribution in [0.1, 0.15) is 31.4 Å². The van der Waals surface area contributed by atoms with E-state index in [0.29, 0.717) is 6.04 Å². The van der Waals surface area contributed by atoms with Crippen molar-refractivity contribution in [1.82, 2.24) is 19.8 Å². The van der Waals surface area contributed by atoms with Gasteiger partial charge in [-0.05, 0) is 54.8 Å². The molecule has 138 valence electrons. The fraction of sp³-hybridized carbons (Fsp3) is 0.526. The number of nitrogens with zero attached hydrogens (tertiary/aromatic N) is 5.